The Balaban J connectivity index is 2.44. The third-order valence-electron chi connectivity index (χ3n) is 2.70. The molecule has 0 atom stereocenters. The van der Waals surface area contributed by atoms with Gasteiger partial charge in [0.1, 0.15) is 6.61 Å². The minimum absolute atomic E-state index is 0.0468. The van der Waals surface area contributed by atoms with Crippen molar-refractivity contribution < 1.29 is 14.3 Å². The molecule has 1 rings (SSSR count). The lowest BCUT2D eigenvalue weighted by Crippen LogP contribution is -2.13. The lowest BCUT2D eigenvalue weighted by molar-refractivity contribution is -0.148. The fourth-order valence-corrected chi connectivity index (χ4v) is 1.49. The van der Waals surface area contributed by atoms with Crippen LogP contribution in [-0.2, 0) is 20.9 Å². The van der Waals surface area contributed by atoms with E-state index >= 15 is 0 Å². The Bertz CT molecular complexity index is 441. The van der Waals surface area contributed by atoms with Crippen molar-refractivity contribution in [3.05, 3.63) is 29.8 Å². The molecule has 1 amide bonds. The third kappa shape index (κ3) is 5.84. The number of anilines is 1. The summed E-state index contributed by atoms with van der Waals surface area (Å²) in [5.41, 5.74) is 6.96. The van der Waals surface area contributed by atoms with Gasteiger partial charge in [-0.05, 0) is 30.7 Å². The van der Waals surface area contributed by atoms with Crippen molar-refractivity contribution in [3.8, 4) is 0 Å². The van der Waals surface area contributed by atoms with E-state index in [1.807, 2.05) is 12.1 Å². The van der Waals surface area contributed by atoms with Crippen LogP contribution in [0.5, 0.6) is 0 Å². The Morgan fingerprint density at radius 1 is 1.25 bits per heavy atom. The van der Waals surface area contributed by atoms with Gasteiger partial charge in [-0.25, -0.2) is 0 Å². The average molecular weight is 278 g/mol. The van der Waals surface area contributed by atoms with Crippen molar-refractivity contribution in [3.63, 3.8) is 0 Å². The van der Waals surface area contributed by atoms with E-state index in [9.17, 15) is 9.59 Å². The number of carbonyl (C=O) groups excluding carboxylic acids is 2. The number of esters is 1. The van der Waals surface area contributed by atoms with E-state index in [0.29, 0.717) is 19.4 Å². The first kappa shape index (κ1) is 16.2. The van der Waals surface area contributed by atoms with Crippen LogP contribution in [0.2, 0.25) is 0 Å². The van der Waals surface area contributed by atoms with Gasteiger partial charge in [0, 0.05) is 12.1 Å². The fraction of sp³-hybridized carbons (Fsp3) is 0.467. The van der Waals surface area contributed by atoms with E-state index in [0.717, 1.165) is 11.3 Å². The predicted molar refractivity (Wildman–Crippen MR) is 78.0 cm³/mol. The van der Waals surface area contributed by atoms with Gasteiger partial charge >= 0.3 is 5.97 Å². The normalized spacial score (nSPS) is 10.4. The Hall–Kier alpha value is -1.88. The number of nitrogens with one attached hydrogen (secondary N) is 1. The maximum atomic E-state index is 11.5. The van der Waals surface area contributed by atoms with Crippen molar-refractivity contribution in [2.75, 3.05) is 11.9 Å². The van der Waals surface area contributed by atoms with Gasteiger partial charge in [0.15, 0.2) is 0 Å². The minimum atomic E-state index is -0.218. The highest BCUT2D eigenvalue weighted by atomic mass is 16.5. The van der Waals surface area contributed by atoms with Crippen LogP contribution in [-0.4, -0.2) is 18.4 Å². The molecular weight excluding hydrogens is 256 g/mol. The Kier molecular flexibility index (Phi) is 6.73. The van der Waals surface area contributed by atoms with Gasteiger partial charge in [-0.2, -0.15) is 0 Å². The number of nitrogens with two attached hydrogens (primary N) is 1. The first-order chi connectivity index (χ1) is 9.52. The highest BCUT2D eigenvalue weighted by Gasteiger charge is 2.08. The molecule has 0 bridgehead atoms. The van der Waals surface area contributed by atoms with Gasteiger partial charge in [-0.1, -0.05) is 26.0 Å². The molecule has 3 N–H and O–H groups in total. The van der Waals surface area contributed by atoms with E-state index in [1.165, 1.54) is 0 Å². The molecule has 0 saturated carbocycles. The van der Waals surface area contributed by atoms with Gasteiger partial charge < -0.3 is 15.8 Å². The largest absolute Gasteiger partial charge is 0.461 e. The van der Waals surface area contributed by atoms with Gasteiger partial charge in [-0.3, -0.25) is 9.59 Å². The molecule has 0 heterocycles. The number of benzene rings is 1. The zero-order chi connectivity index (χ0) is 15.0. The summed E-state index contributed by atoms with van der Waals surface area (Å²) in [6.45, 7) is 4.34. The molecule has 0 aliphatic carbocycles. The van der Waals surface area contributed by atoms with Crippen LogP contribution in [0.3, 0.4) is 0 Å². The summed E-state index contributed by atoms with van der Waals surface area (Å²) >= 11 is 0. The summed E-state index contributed by atoms with van der Waals surface area (Å²) in [5, 5.41) is 2.78. The zero-order valence-electron chi connectivity index (χ0n) is 12.0. The molecule has 0 aromatic heterocycles. The van der Waals surface area contributed by atoms with Crippen LogP contribution in [0.15, 0.2) is 24.3 Å². The zero-order valence-corrected chi connectivity index (χ0v) is 12.0. The minimum Gasteiger partial charge on any atom is -0.461 e. The predicted octanol–water partition coefficient (Wildman–Crippen LogP) is 2.06. The SMILES string of the molecule is CC(C)C(=O)OCc1ccc(NC(=O)CCCN)cc1. The van der Waals surface area contributed by atoms with Gasteiger partial charge in [0.2, 0.25) is 5.91 Å². The number of amides is 1. The fourth-order valence-electron chi connectivity index (χ4n) is 1.49. The molecular formula is C15H22N2O3. The molecule has 0 fully saturated rings. The first-order valence-corrected chi connectivity index (χ1v) is 6.78. The van der Waals surface area contributed by atoms with Crippen molar-refractivity contribution >= 4 is 17.6 Å². The van der Waals surface area contributed by atoms with Crippen molar-refractivity contribution in [2.45, 2.75) is 33.3 Å². The maximum Gasteiger partial charge on any atom is 0.308 e. The van der Waals surface area contributed by atoms with Crippen molar-refractivity contribution in [2.24, 2.45) is 11.7 Å². The molecule has 1 aromatic rings. The van der Waals surface area contributed by atoms with Crippen LogP contribution in [0, 0.1) is 5.92 Å². The second-order valence-corrected chi connectivity index (χ2v) is 4.90. The van der Waals surface area contributed by atoms with E-state index in [2.05, 4.69) is 5.32 Å². The number of hydrogen-bond acceptors (Lipinski definition) is 4. The monoisotopic (exact) mass is 278 g/mol. The first-order valence-electron chi connectivity index (χ1n) is 6.78. The Morgan fingerprint density at radius 2 is 1.90 bits per heavy atom. The molecule has 0 aliphatic heterocycles. The highest BCUT2D eigenvalue weighted by molar-refractivity contribution is 5.90. The van der Waals surface area contributed by atoms with E-state index in [1.54, 1.807) is 26.0 Å². The molecule has 5 nitrogen and oxygen atoms in total. The van der Waals surface area contributed by atoms with Crippen LogP contribution < -0.4 is 11.1 Å². The lowest BCUT2D eigenvalue weighted by Gasteiger charge is -2.08. The quantitative estimate of drug-likeness (QED) is 0.748. The third-order valence-corrected chi connectivity index (χ3v) is 2.70. The summed E-state index contributed by atoms with van der Waals surface area (Å²) in [7, 11) is 0. The van der Waals surface area contributed by atoms with Gasteiger partial charge in [0.25, 0.3) is 0 Å². The molecule has 0 spiro atoms. The van der Waals surface area contributed by atoms with Crippen LogP contribution in [0.1, 0.15) is 32.3 Å². The number of carbonyl (C=O) groups is 2. The van der Waals surface area contributed by atoms with Crippen LogP contribution in [0.4, 0.5) is 5.69 Å². The summed E-state index contributed by atoms with van der Waals surface area (Å²) in [4.78, 5) is 22.8. The Morgan fingerprint density at radius 3 is 2.45 bits per heavy atom. The van der Waals surface area contributed by atoms with Crippen molar-refractivity contribution in [1.29, 1.82) is 0 Å². The topological polar surface area (TPSA) is 81.4 Å². The molecule has 0 saturated heterocycles. The van der Waals surface area contributed by atoms with Crippen LogP contribution in [0.25, 0.3) is 0 Å². The van der Waals surface area contributed by atoms with Crippen LogP contribution >= 0.6 is 0 Å². The second kappa shape index (κ2) is 8.32. The number of rotatable bonds is 7. The maximum absolute atomic E-state index is 11.5. The molecule has 110 valence electrons. The molecule has 20 heavy (non-hydrogen) atoms. The standard InChI is InChI=1S/C15H22N2O3/c1-11(2)15(19)20-10-12-5-7-13(8-6-12)17-14(18)4-3-9-16/h5-8,11H,3-4,9-10,16H2,1-2H3,(H,17,18). The van der Waals surface area contributed by atoms with Gasteiger partial charge in [0.05, 0.1) is 5.92 Å². The summed E-state index contributed by atoms with van der Waals surface area (Å²) in [6.07, 6.45) is 1.10. The molecule has 5 heteroatoms. The molecule has 0 unspecified atom stereocenters. The highest BCUT2D eigenvalue weighted by Crippen LogP contribution is 2.11. The average Bonchev–Trinajstić information content (AvgIpc) is 2.43. The summed E-state index contributed by atoms with van der Waals surface area (Å²) in [6, 6.07) is 7.23. The lowest BCUT2D eigenvalue weighted by atomic mass is 10.2. The number of ether oxygens (including phenoxy) is 1. The van der Waals surface area contributed by atoms with E-state index in [-0.39, 0.29) is 24.4 Å². The van der Waals surface area contributed by atoms with E-state index in [4.69, 9.17) is 10.5 Å². The molecule has 0 aliphatic rings. The van der Waals surface area contributed by atoms with Gasteiger partial charge in [-0.15, -0.1) is 0 Å². The smallest absolute Gasteiger partial charge is 0.308 e. The summed E-state index contributed by atoms with van der Waals surface area (Å²) in [5.74, 6) is -0.394. The molecule has 1 aromatic carbocycles. The number of hydrogen-bond donors (Lipinski definition) is 2. The van der Waals surface area contributed by atoms with Crippen molar-refractivity contribution in [1.82, 2.24) is 0 Å². The Labute approximate surface area is 119 Å². The summed E-state index contributed by atoms with van der Waals surface area (Å²) < 4.78 is 5.12. The second-order valence-electron chi connectivity index (χ2n) is 4.90. The molecule has 0 radical (unpaired) electrons. The van der Waals surface area contributed by atoms with E-state index < -0.39 is 0 Å².